The van der Waals surface area contributed by atoms with Crippen LogP contribution < -0.4 is 0 Å². The lowest BCUT2D eigenvalue weighted by molar-refractivity contribution is -0.385. The summed E-state index contributed by atoms with van der Waals surface area (Å²) in [4.78, 5) is 23.4. The number of hydrogen-bond acceptors (Lipinski definition) is 5. The van der Waals surface area contributed by atoms with Crippen molar-refractivity contribution in [2.45, 2.75) is 19.4 Å². The third kappa shape index (κ3) is 5.14. The molecule has 0 saturated carbocycles. The van der Waals surface area contributed by atoms with Gasteiger partial charge in [-0.05, 0) is 32.1 Å². The van der Waals surface area contributed by atoms with Gasteiger partial charge in [-0.25, -0.2) is 0 Å². The van der Waals surface area contributed by atoms with E-state index in [0.717, 1.165) is 0 Å². The Bertz CT molecular complexity index is 493. The first-order valence-electron chi connectivity index (χ1n) is 6.12. The maximum absolute atomic E-state index is 11.0. The third-order valence-electron chi connectivity index (χ3n) is 2.83. The van der Waals surface area contributed by atoms with E-state index in [0.29, 0.717) is 36.5 Å². The molecule has 6 nitrogen and oxygen atoms in total. The van der Waals surface area contributed by atoms with Crippen LogP contribution >= 0.6 is 11.6 Å². The molecular formula is C13H17ClN2O4. The first kappa shape index (κ1) is 16.4. The van der Waals surface area contributed by atoms with Crippen LogP contribution in [0.2, 0.25) is 5.02 Å². The summed E-state index contributed by atoms with van der Waals surface area (Å²) in [5, 5.41) is 11.3. The monoisotopic (exact) mass is 300 g/mol. The lowest BCUT2D eigenvalue weighted by atomic mass is 10.1. The largest absolute Gasteiger partial charge is 0.469 e. The Morgan fingerprint density at radius 3 is 2.80 bits per heavy atom. The molecule has 1 aromatic rings. The van der Waals surface area contributed by atoms with E-state index in [4.69, 9.17) is 11.6 Å². The molecule has 1 rings (SSSR count). The normalized spacial score (nSPS) is 10.6. The number of esters is 1. The standard InChI is InChI=1S/C13H17ClN2O4/c1-15(7-3-4-13(17)20-2)9-10-5-6-11(14)8-12(10)16(18)19/h5-6,8H,3-4,7,9H2,1-2H3. The summed E-state index contributed by atoms with van der Waals surface area (Å²) < 4.78 is 4.55. The zero-order valence-corrected chi connectivity index (χ0v) is 12.2. The number of nitro benzene ring substituents is 1. The molecule has 0 amide bonds. The van der Waals surface area contributed by atoms with Crippen LogP contribution in [0.4, 0.5) is 5.69 Å². The summed E-state index contributed by atoms with van der Waals surface area (Å²) >= 11 is 5.76. The number of methoxy groups -OCH3 is 1. The van der Waals surface area contributed by atoms with Crippen LogP contribution in [0.1, 0.15) is 18.4 Å². The van der Waals surface area contributed by atoms with Crippen molar-refractivity contribution in [1.82, 2.24) is 4.90 Å². The molecule has 0 heterocycles. The molecule has 0 atom stereocenters. The highest BCUT2D eigenvalue weighted by atomic mass is 35.5. The lowest BCUT2D eigenvalue weighted by Gasteiger charge is -2.16. The predicted molar refractivity (Wildman–Crippen MR) is 75.7 cm³/mol. The van der Waals surface area contributed by atoms with Gasteiger partial charge in [0, 0.05) is 29.6 Å². The minimum atomic E-state index is -0.441. The average Bonchev–Trinajstić information content (AvgIpc) is 2.40. The van der Waals surface area contributed by atoms with Gasteiger partial charge in [-0.1, -0.05) is 11.6 Å². The van der Waals surface area contributed by atoms with Gasteiger partial charge in [0.1, 0.15) is 0 Å². The Balaban J connectivity index is 2.59. The molecule has 0 bridgehead atoms. The Hall–Kier alpha value is -1.66. The number of ether oxygens (including phenoxy) is 1. The highest BCUT2D eigenvalue weighted by Crippen LogP contribution is 2.24. The molecule has 1 aromatic carbocycles. The molecule has 0 aliphatic carbocycles. The molecule has 0 aromatic heterocycles. The zero-order valence-electron chi connectivity index (χ0n) is 11.5. The number of hydrogen-bond donors (Lipinski definition) is 0. The maximum atomic E-state index is 11.0. The van der Waals surface area contributed by atoms with Crippen LogP contribution in [0.5, 0.6) is 0 Å². The van der Waals surface area contributed by atoms with Crippen molar-refractivity contribution in [3.8, 4) is 0 Å². The molecule has 0 aliphatic rings. The molecule has 0 spiro atoms. The van der Waals surface area contributed by atoms with Crippen molar-refractivity contribution >= 4 is 23.3 Å². The number of rotatable bonds is 7. The Labute approximate surface area is 122 Å². The molecule has 0 aliphatic heterocycles. The van der Waals surface area contributed by atoms with E-state index in [1.54, 1.807) is 12.1 Å². The van der Waals surface area contributed by atoms with Gasteiger partial charge in [-0.15, -0.1) is 0 Å². The van der Waals surface area contributed by atoms with E-state index in [2.05, 4.69) is 4.74 Å². The van der Waals surface area contributed by atoms with Crippen LogP contribution in [0.3, 0.4) is 0 Å². The fourth-order valence-corrected chi connectivity index (χ4v) is 1.97. The van der Waals surface area contributed by atoms with Gasteiger partial charge in [0.25, 0.3) is 5.69 Å². The third-order valence-corrected chi connectivity index (χ3v) is 3.07. The fourth-order valence-electron chi connectivity index (χ4n) is 1.81. The highest BCUT2D eigenvalue weighted by molar-refractivity contribution is 6.30. The second-order valence-corrected chi connectivity index (χ2v) is 4.88. The van der Waals surface area contributed by atoms with E-state index in [1.165, 1.54) is 13.2 Å². The number of nitro groups is 1. The van der Waals surface area contributed by atoms with Crippen molar-refractivity contribution in [1.29, 1.82) is 0 Å². The molecule has 110 valence electrons. The summed E-state index contributed by atoms with van der Waals surface area (Å²) in [5.74, 6) is -0.254. The summed E-state index contributed by atoms with van der Waals surface area (Å²) in [6, 6.07) is 4.63. The highest BCUT2D eigenvalue weighted by Gasteiger charge is 2.15. The molecule has 0 N–H and O–H groups in total. The summed E-state index contributed by atoms with van der Waals surface area (Å²) in [5.41, 5.74) is 0.609. The van der Waals surface area contributed by atoms with Crippen molar-refractivity contribution < 1.29 is 14.5 Å². The first-order valence-corrected chi connectivity index (χ1v) is 6.50. The number of carbonyl (C=O) groups is 1. The maximum Gasteiger partial charge on any atom is 0.305 e. The van der Waals surface area contributed by atoms with Gasteiger partial charge in [0.15, 0.2) is 0 Å². The molecular weight excluding hydrogens is 284 g/mol. The quantitative estimate of drug-likeness (QED) is 0.440. The van der Waals surface area contributed by atoms with Crippen LogP contribution in [0.25, 0.3) is 0 Å². The second-order valence-electron chi connectivity index (χ2n) is 4.45. The van der Waals surface area contributed by atoms with Gasteiger partial charge < -0.3 is 9.64 Å². The van der Waals surface area contributed by atoms with E-state index in [9.17, 15) is 14.9 Å². The van der Waals surface area contributed by atoms with Crippen LogP contribution in [0.15, 0.2) is 18.2 Å². The minimum Gasteiger partial charge on any atom is -0.469 e. The van der Waals surface area contributed by atoms with Gasteiger partial charge in [-0.3, -0.25) is 14.9 Å². The molecule has 0 unspecified atom stereocenters. The van der Waals surface area contributed by atoms with Gasteiger partial charge in [0.05, 0.1) is 12.0 Å². The zero-order chi connectivity index (χ0) is 15.1. The fraction of sp³-hybridized carbons (Fsp3) is 0.462. The molecule has 20 heavy (non-hydrogen) atoms. The molecule has 7 heteroatoms. The first-order chi connectivity index (χ1) is 9.43. The molecule has 0 saturated heterocycles. The molecule has 0 radical (unpaired) electrons. The van der Waals surface area contributed by atoms with Crippen LogP contribution in [-0.2, 0) is 16.1 Å². The SMILES string of the molecule is COC(=O)CCCN(C)Cc1ccc(Cl)cc1[N+](=O)[O-]. The average molecular weight is 301 g/mol. The topological polar surface area (TPSA) is 72.7 Å². The van der Waals surface area contributed by atoms with Gasteiger partial charge in [-0.2, -0.15) is 0 Å². The summed E-state index contributed by atoms with van der Waals surface area (Å²) in [6.07, 6.45) is 0.980. The van der Waals surface area contributed by atoms with E-state index < -0.39 is 4.92 Å². The summed E-state index contributed by atoms with van der Waals surface area (Å²) in [7, 11) is 3.19. The van der Waals surface area contributed by atoms with Gasteiger partial charge in [0.2, 0.25) is 0 Å². The molecule has 0 fully saturated rings. The van der Waals surface area contributed by atoms with Crippen molar-refractivity contribution in [3.05, 3.63) is 38.9 Å². The van der Waals surface area contributed by atoms with Crippen molar-refractivity contribution in [2.24, 2.45) is 0 Å². The van der Waals surface area contributed by atoms with Crippen molar-refractivity contribution in [2.75, 3.05) is 20.7 Å². The van der Waals surface area contributed by atoms with E-state index in [-0.39, 0.29) is 11.7 Å². The summed E-state index contributed by atoms with van der Waals surface area (Å²) in [6.45, 7) is 1.07. The second kappa shape index (κ2) is 7.81. The number of benzene rings is 1. The minimum absolute atomic E-state index is 0.0114. The number of nitrogens with zero attached hydrogens (tertiary/aromatic N) is 2. The number of halogens is 1. The van der Waals surface area contributed by atoms with Crippen LogP contribution in [0, 0.1) is 10.1 Å². The van der Waals surface area contributed by atoms with E-state index in [1.807, 2.05) is 11.9 Å². The Kier molecular flexibility index (Phi) is 6.41. The smallest absolute Gasteiger partial charge is 0.305 e. The van der Waals surface area contributed by atoms with Crippen molar-refractivity contribution in [3.63, 3.8) is 0 Å². The van der Waals surface area contributed by atoms with Crippen LogP contribution in [-0.4, -0.2) is 36.5 Å². The number of carbonyl (C=O) groups excluding carboxylic acids is 1. The van der Waals surface area contributed by atoms with E-state index >= 15 is 0 Å². The predicted octanol–water partition coefficient (Wildman–Crippen LogP) is 2.63. The van der Waals surface area contributed by atoms with Gasteiger partial charge >= 0.3 is 5.97 Å². The lowest BCUT2D eigenvalue weighted by Crippen LogP contribution is -2.20. The Morgan fingerprint density at radius 1 is 1.50 bits per heavy atom. The Morgan fingerprint density at radius 2 is 2.20 bits per heavy atom.